The van der Waals surface area contributed by atoms with Gasteiger partial charge in [0, 0.05) is 11.4 Å². The molecule has 1 aromatic carbocycles. The van der Waals surface area contributed by atoms with E-state index in [0.717, 1.165) is 16.9 Å². The Morgan fingerprint density at radius 1 is 1.43 bits per heavy atom. The van der Waals surface area contributed by atoms with Crippen molar-refractivity contribution in [3.8, 4) is 6.19 Å². The van der Waals surface area contributed by atoms with Gasteiger partial charge >= 0.3 is 0 Å². The second kappa shape index (κ2) is 6.20. The summed E-state index contributed by atoms with van der Waals surface area (Å²) in [4.78, 5) is 31.6. The van der Waals surface area contributed by atoms with Crippen molar-refractivity contribution in [2.45, 2.75) is 6.42 Å². The highest BCUT2D eigenvalue weighted by Crippen LogP contribution is 2.21. The number of nitriles is 1. The molecule has 6 nitrogen and oxygen atoms in total. The van der Waals surface area contributed by atoms with Gasteiger partial charge in [0.2, 0.25) is 0 Å². The van der Waals surface area contributed by atoms with Gasteiger partial charge in [0.25, 0.3) is 11.5 Å². The minimum atomic E-state index is -0.550. The van der Waals surface area contributed by atoms with Gasteiger partial charge in [-0.25, -0.2) is 4.98 Å². The maximum Gasteiger partial charge on any atom is 0.274 e. The number of carbonyl (C=O) groups excluding carboxylic acids is 1. The Balaban J connectivity index is 1.99. The maximum absolute atomic E-state index is 12.1. The number of hydrogen-bond acceptors (Lipinski definition) is 5. The topological polar surface area (TPSA) is 98.6 Å². The Hall–Kier alpha value is -2.69. The number of aromatic nitrogens is 2. The molecule has 23 heavy (non-hydrogen) atoms. The summed E-state index contributed by atoms with van der Waals surface area (Å²) in [7, 11) is 0. The number of nitrogens with zero attached hydrogens (tertiary/aromatic N) is 2. The zero-order valence-electron chi connectivity index (χ0n) is 11.6. The molecule has 0 saturated carbocycles. The number of amides is 1. The van der Waals surface area contributed by atoms with Crippen LogP contribution in [0.4, 0.5) is 0 Å². The van der Waals surface area contributed by atoms with Crippen LogP contribution in [0.25, 0.3) is 10.2 Å². The summed E-state index contributed by atoms with van der Waals surface area (Å²) in [5.74, 6) is -0.0647. The number of benzene rings is 1. The minimum Gasteiger partial charge on any atom is -0.310 e. The van der Waals surface area contributed by atoms with E-state index in [0.29, 0.717) is 27.5 Å². The van der Waals surface area contributed by atoms with Crippen LogP contribution >= 0.6 is 22.9 Å². The van der Waals surface area contributed by atoms with Gasteiger partial charge in [0.15, 0.2) is 6.19 Å². The number of nitrogens with one attached hydrogen (secondary N) is 2. The maximum atomic E-state index is 12.1. The van der Waals surface area contributed by atoms with E-state index in [1.165, 1.54) is 6.07 Å². The first-order valence-electron chi connectivity index (χ1n) is 6.53. The predicted molar refractivity (Wildman–Crippen MR) is 87.6 cm³/mol. The summed E-state index contributed by atoms with van der Waals surface area (Å²) >= 11 is 7.01. The minimum absolute atomic E-state index is 0.263. The van der Waals surface area contributed by atoms with Crippen LogP contribution in [-0.4, -0.2) is 15.9 Å². The summed E-state index contributed by atoms with van der Waals surface area (Å²) < 4.78 is 0. The number of aromatic amines is 1. The monoisotopic (exact) mass is 344 g/mol. The number of rotatable bonds is 3. The molecule has 0 fully saturated rings. The largest absolute Gasteiger partial charge is 0.310 e. The highest BCUT2D eigenvalue weighted by molar-refractivity contribution is 7.20. The van der Waals surface area contributed by atoms with Gasteiger partial charge in [-0.1, -0.05) is 23.7 Å². The highest BCUT2D eigenvalue weighted by Gasteiger charge is 2.14. The molecule has 0 saturated heterocycles. The van der Waals surface area contributed by atoms with Crippen LogP contribution in [0.1, 0.15) is 21.1 Å². The smallest absolute Gasteiger partial charge is 0.274 e. The van der Waals surface area contributed by atoms with E-state index in [9.17, 15) is 9.59 Å². The first-order valence-corrected chi connectivity index (χ1v) is 7.73. The molecule has 2 N–H and O–H groups in total. The molecule has 0 bridgehead atoms. The lowest BCUT2D eigenvalue weighted by atomic mass is 10.1. The second-order valence-electron chi connectivity index (χ2n) is 4.71. The lowest BCUT2D eigenvalue weighted by Crippen LogP contribution is -2.15. The zero-order chi connectivity index (χ0) is 16.4. The summed E-state index contributed by atoms with van der Waals surface area (Å²) in [5.41, 5.74) is 0.596. The average molecular weight is 345 g/mol. The van der Waals surface area contributed by atoms with Crippen molar-refractivity contribution < 1.29 is 4.79 Å². The van der Waals surface area contributed by atoms with Crippen LogP contribution in [0.2, 0.25) is 5.02 Å². The molecular formula is C15H9ClN4O2S. The Kier molecular flexibility index (Phi) is 4.10. The molecule has 8 heteroatoms. The lowest BCUT2D eigenvalue weighted by molar-refractivity contribution is 0.0977. The SMILES string of the molecule is N#CNC(=O)c1cc2c(=O)[nH]c(Cc3cccc(Cl)c3)nc2s1. The van der Waals surface area contributed by atoms with E-state index < -0.39 is 5.91 Å². The van der Waals surface area contributed by atoms with Crippen LogP contribution in [0, 0.1) is 11.5 Å². The third-order valence-electron chi connectivity index (χ3n) is 3.11. The molecule has 114 valence electrons. The van der Waals surface area contributed by atoms with Crippen LogP contribution in [0.15, 0.2) is 35.1 Å². The molecule has 0 unspecified atom stereocenters. The number of hydrogen-bond donors (Lipinski definition) is 2. The van der Waals surface area contributed by atoms with Gasteiger partial charge in [-0.05, 0) is 23.8 Å². The van der Waals surface area contributed by atoms with E-state index in [4.69, 9.17) is 16.9 Å². The Morgan fingerprint density at radius 3 is 3.00 bits per heavy atom. The van der Waals surface area contributed by atoms with Gasteiger partial charge in [-0.15, -0.1) is 11.3 Å². The van der Waals surface area contributed by atoms with Crippen LogP contribution in [0.3, 0.4) is 0 Å². The third-order valence-corrected chi connectivity index (χ3v) is 4.37. The van der Waals surface area contributed by atoms with Crippen molar-refractivity contribution in [2.75, 3.05) is 0 Å². The van der Waals surface area contributed by atoms with Gasteiger partial charge in [0.1, 0.15) is 10.7 Å². The van der Waals surface area contributed by atoms with Crippen LogP contribution in [-0.2, 0) is 6.42 Å². The highest BCUT2D eigenvalue weighted by atomic mass is 35.5. The molecule has 0 aliphatic rings. The van der Waals surface area contributed by atoms with E-state index >= 15 is 0 Å². The van der Waals surface area contributed by atoms with Crippen LogP contribution < -0.4 is 10.9 Å². The lowest BCUT2D eigenvalue weighted by Gasteiger charge is -2.02. The summed E-state index contributed by atoms with van der Waals surface area (Å²) in [6.45, 7) is 0. The van der Waals surface area contributed by atoms with Gasteiger partial charge in [-0.2, -0.15) is 5.26 Å². The summed E-state index contributed by atoms with van der Waals surface area (Å²) in [6.07, 6.45) is 1.98. The summed E-state index contributed by atoms with van der Waals surface area (Å²) in [5, 5.41) is 11.4. The molecule has 2 aromatic heterocycles. The Morgan fingerprint density at radius 2 is 2.26 bits per heavy atom. The van der Waals surface area contributed by atoms with Gasteiger partial charge in [-0.3, -0.25) is 14.9 Å². The van der Waals surface area contributed by atoms with E-state index in [1.807, 2.05) is 17.4 Å². The first-order chi connectivity index (χ1) is 11.1. The number of halogens is 1. The summed E-state index contributed by atoms with van der Waals surface area (Å²) in [6, 6.07) is 8.71. The first kappa shape index (κ1) is 15.2. The molecule has 0 radical (unpaired) electrons. The average Bonchev–Trinajstić information content (AvgIpc) is 2.92. The molecular weight excluding hydrogens is 336 g/mol. The number of carbonyl (C=O) groups is 1. The Labute approximate surface area is 139 Å². The quantitative estimate of drug-likeness (QED) is 0.563. The molecule has 3 aromatic rings. The molecule has 0 aliphatic carbocycles. The normalized spacial score (nSPS) is 10.4. The molecule has 3 rings (SSSR count). The second-order valence-corrected chi connectivity index (χ2v) is 6.18. The van der Waals surface area contributed by atoms with Crippen molar-refractivity contribution in [1.29, 1.82) is 5.26 Å². The van der Waals surface area contributed by atoms with Crippen molar-refractivity contribution in [3.63, 3.8) is 0 Å². The van der Waals surface area contributed by atoms with E-state index in [2.05, 4.69) is 9.97 Å². The van der Waals surface area contributed by atoms with E-state index in [1.54, 1.807) is 18.3 Å². The Bertz CT molecular complexity index is 1000. The van der Waals surface area contributed by atoms with Crippen molar-refractivity contribution >= 4 is 39.1 Å². The van der Waals surface area contributed by atoms with E-state index in [-0.39, 0.29) is 10.4 Å². The molecule has 0 spiro atoms. The predicted octanol–water partition coefficient (Wildman–Crippen LogP) is 2.44. The van der Waals surface area contributed by atoms with Gasteiger partial charge < -0.3 is 4.98 Å². The van der Waals surface area contributed by atoms with Crippen molar-refractivity contribution in [2.24, 2.45) is 0 Å². The van der Waals surface area contributed by atoms with Crippen LogP contribution in [0.5, 0.6) is 0 Å². The molecule has 2 heterocycles. The number of thiophene rings is 1. The fraction of sp³-hybridized carbons (Fsp3) is 0.0667. The third kappa shape index (κ3) is 3.23. The fourth-order valence-electron chi connectivity index (χ4n) is 2.12. The number of fused-ring (bicyclic) bond motifs is 1. The zero-order valence-corrected chi connectivity index (χ0v) is 13.2. The molecule has 0 aliphatic heterocycles. The standard InChI is InChI=1S/C15H9ClN4O2S/c16-9-3-1-2-8(4-9)5-12-19-13(21)10-6-11(14(22)18-7-17)23-15(10)20-12/h1-4,6H,5H2,(H,18,22)(H,19,20,21). The fourth-order valence-corrected chi connectivity index (χ4v) is 3.28. The van der Waals surface area contributed by atoms with Crippen molar-refractivity contribution in [1.82, 2.24) is 15.3 Å². The number of H-pyrrole nitrogens is 1. The van der Waals surface area contributed by atoms with Gasteiger partial charge in [0.05, 0.1) is 10.3 Å². The molecule has 1 amide bonds. The van der Waals surface area contributed by atoms with Crippen molar-refractivity contribution in [3.05, 3.63) is 62.0 Å². The molecule has 0 atom stereocenters.